The highest BCUT2D eigenvalue weighted by molar-refractivity contribution is 6.32. The molecule has 0 saturated heterocycles. The van der Waals surface area contributed by atoms with E-state index in [9.17, 15) is 0 Å². The monoisotopic (exact) mass is 281 g/mol. The van der Waals surface area contributed by atoms with E-state index in [1.165, 1.54) is 14.2 Å². The van der Waals surface area contributed by atoms with Crippen LogP contribution in [0.5, 0.6) is 11.8 Å². The van der Waals surface area contributed by atoms with Crippen molar-refractivity contribution in [2.75, 3.05) is 14.2 Å². The number of aromatic nitrogens is 2. The molecule has 0 aliphatic carbocycles. The molecular formula is C13H16ClN3O2. The number of halogens is 1. The van der Waals surface area contributed by atoms with Gasteiger partial charge in [0.25, 0.3) is 11.8 Å². The second kappa shape index (κ2) is 5.59. The van der Waals surface area contributed by atoms with Gasteiger partial charge in [0.05, 0.1) is 25.3 Å². The molecule has 1 aromatic carbocycles. The maximum absolute atomic E-state index is 6.26. The third-order valence-electron chi connectivity index (χ3n) is 3.01. The highest BCUT2D eigenvalue weighted by Crippen LogP contribution is 2.32. The Bertz CT molecular complexity index is 617. The summed E-state index contributed by atoms with van der Waals surface area (Å²) >= 11 is 6.26. The van der Waals surface area contributed by atoms with Gasteiger partial charge in [0.15, 0.2) is 0 Å². The summed E-state index contributed by atoms with van der Waals surface area (Å²) in [6.45, 7) is 2.38. The molecule has 0 unspecified atom stereocenters. The molecule has 0 amide bonds. The van der Waals surface area contributed by atoms with Gasteiger partial charge in [0.2, 0.25) is 0 Å². The van der Waals surface area contributed by atoms with Crippen LogP contribution in [0.15, 0.2) is 6.07 Å². The molecule has 0 bridgehead atoms. The van der Waals surface area contributed by atoms with Crippen molar-refractivity contribution in [1.29, 1.82) is 0 Å². The molecule has 102 valence electrons. The first-order chi connectivity index (χ1) is 9.15. The predicted octanol–water partition coefficient (Wildman–Crippen LogP) is 2.32. The molecular weight excluding hydrogens is 266 g/mol. The highest BCUT2D eigenvalue weighted by Gasteiger charge is 2.16. The predicted molar refractivity (Wildman–Crippen MR) is 74.9 cm³/mol. The average Bonchev–Trinajstić information content (AvgIpc) is 2.44. The van der Waals surface area contributed by atoms with Crippen molar-refractivity contribution in [3.05, 3.63) is 22.2 Å². The molecule has 19 heavy (non-hydrogen) atoms. The van der Waals surface area contributed by atoms with Gasteiger partial charge in [-0.1, -0.05) is 18.5 Å². The van der Waals surface area contributed by atoms with Gasteiger partial charge in [-0.3, -0.25) is 0 Å². The van der Waals surface area contributed by atoms with E-state index in [2.05, 4.69) is 9.97 Å². The summed E-state index contributed by atoms with van der Waals surface area (Å²) in [5.41, 5.74) is 9.09. The lowest BCUT2D eigenvalue weighted by Gasteiger charge is -2.13. The van der Waals surface area contributed by atoms with Gasteiger partial charge in [-0.25, -0.2) is 9.97 Å². The second-order valence-electron chi connectivity index (χ2n) is 3.98. The van der Waals surface area contributed by atoms with Crippen LogP contribution in [0.2, 0.25) is 5.02 Å². The smallest absolute Gasteiger partial charge is 0.278 e. The lowest BCUT2D eigenvalue weighted by Crippen LogP contribution is -2.06. The van der Waals surface area contributed by atoms with E-state index in [4.69, 9.17) is 26.8 Å². The SMILES string of the molecule is CCc1c(Cl)cc2nc(OC)c(OC)nc2c1CN. The fourth-order valence-corrected chi connectivity index (χ4v) is 2.45. The Balaban J connectivity index is 2.83. The number of methoxy groups -OCH3 is 2. The third kappa shape index (κ3) is 2.31. The zero-order chi connectivity index (χ0) is 14.0. The fourth-order valence-electron chi connectivity index (χ4n) is 2.10. The van der Waals surface area contributed by atoms with E-state index in [1.54, 1.807) is 6.07 Å². The van der Waals surface area contributed by atoms with Crippen molar-refractivity contribution < 1.29 is 9.47 Å². The van der Waals surface area contributed by atoms with Gasteiger partial charge >= 0.3 is 0 Å². The summed E-state index contributed by atoms with van der Waals surface area (Å²) in [7, 11) is 3.04. The number of benzene rings is 1. The number of fused-ring (bicyclic) bond motifs is 1. The number of hydrogen-bond acceptors (Lipinski definition) is 5. The normalized spacial score (nSPS) is 10.8. The number of hydrogen-bond donors (Lipinski definition) is 1. The van der Waals surface area contributed by atoms with E-state index >= 15 is 0 Å². The Morgan fingerprint density at radius 2 is 1.79 bits per heavy atom. The van der Waals surface area contributed by atoms with Crippen LogP contribution in [0.4, 0.5) is 0 Å². The molecule has 0 spiro atoms. The van der Waals surface area contributed by atoms with E-state index in [-0.39, 0.29) is 0 Å². The Morgan fingerprint density at radius 1 is 1.16 bits per heavy atom. The minimum absolute atomic E-state index is 0.332. The lowest BCUT2D eigenvalue weighted by molar-refractivity contribution is 0.334. The standard InChI is InChI=1S/C13H16ClN3O2/c1-4-7-8(6-15)11-10(5-9(7)14)16-12(18-2)13(17-11)19-3/h5H,4,6,15H2,1-3H3. The van der Waals surface area contributed by atoms with Crippen LogP contribution in [0.1, 0.15) is 18.1 Å². The lowest BCUT2D eigenvalue weighted by atomic mass is 10.0. The van der Waals surface area contributed by atoms with Crippen LogP contribution in [-0.2, 0) is 13.0 Å². The van der Waals surface area contributed by atoms with E-state index < -0.39 is 0 Å². The maximum atomic E-state index is 6.26. The number of ether oxygens (including phenoxy) is 2. The zero-order valence-corrected chi connectivity index (χ0v) is 11.9. The van der Waals surface area contributed by atoms with Crippen LogP contribution in [0, 0.1) is 0 Å². The van der Waals surface area contributed by atoms with Gasteiger partial charge in [-0.15, -0.1) is 0 Å². The van der Waals surface area contributed by atoms with Crippen molar-refractivity contribution >= 4 is 22.6 Å². The Kier molecular flexibility index (Phi) is 4.07. The summed E-state index contributed by atoms with van der Waals surface area (Å²) in [6, 6.07) is 1.78. The van der Waals surface area contributed by atoms with Crippen molar-refractivity contribution in [3.63, 3.8) is 0 Å². The number of rotatable bonds is 4. The van der Waals surface area contributed by atoms with E-state index in [1.807, 2.05) is 6.92 Å². The molecule has 1 heterocycles. The van der Waals surface area contributed by atoms with Gasteiger partial charge < -0.3 is 15.2 Å². The number of nitrogens with zero attached hydrogens (tertiary/aromatic N) is 2. The molecule has 0 atom stereocenters. The first-order valence-corrected chi connectivity index (χ1v) is 6.34. The van der Waals surface area contributed by atoms with Gasteiger partial charge in [0, 0.05) is 11.6 Å². The van der Waals surface area contributed by atoms with Gasteiger partial charge in [-0.2, -0.15) is 0 Å². The maximum Gasteiger partial charge on any atom is 0.278 e. The second-order valence-corrected chi connectivity index (χ2v) is 4.39. The zero-order valence-electron chi connectivity index (χ0n) is 11.2. The summed E-state index contributed by atoms with van der Waals surface area (Å²) < 4.78 is 10.3. The molecule has 6 heteroatoms. The molecule has 1 aromatic heterocycles. The van der Waals surface area contributed by atoms with E-state index in [0.717, 1.165) is 17.5 Å². The van der Waals surface area contributed by atoms with Crippen LogP contribution in [0.25, 0.3) is 11.0 Å². The molecule has 2 N–H and O–H groups in total. The summed E-state index contributed by atoms with van der Waals surface area (Å²) in [4.78, 5) is 8.80. The van der Waals surface area contributed by atoms with Crippen LogP contribution < -0.4 is 15.2 Å². The number of nitrogens with two attached hydrogens (primary N) is 1. The molecule has 5 nitrogen and oxygen atoms in total. The first-order valence-electron chi connectivity index (χ1n) is 5.96. The van der Waals surface area contributed by atoms with Crippen molar-refractivity contribution in [1.82, 2.24) is 9.97 Å². The largest absolute Gasteiger partial charge is 0.477 e. The Labute approximate surface area is 116 Å². The summed E-state index contributed by atoms with van der Waals surface area (Å²) in [5.74, 6) is 0.673. The molecule has 0 saturated carbocycles. The Morgan fingerprint density at radius 3 is 2.32 bits per heavy atom. The van der Waals surface area contributed by atoms with Crippen LogP contribution >= 0.6 is 11.6 Å². The summed E-state index contributed by atoms with van der Waals surface area (Å²) in [5, 5.41) is 0.650. The minimum atomic E-state index is 0.332. The average molecular weight is 282 g/mol. The van der Waals surface area contributed by atoms with Crippen molar-refractivity contribution in [3.8, 4) is 11.8 Å². The molecule has 0 aliphatic heterocycles. The molecule has 0 fully saturated rings. The van der Waals surface area contributed by atoms with E-state index in [0.29, 0.717) is 34.4 Å². The topological polar surface area (TPSA) is 70.3 Å². The Hall–Kier alpha value is -1.59. The van der Waals surface area contributed by atoms with Gasteiger partial charge in [-0.05, 0) is 23.6 Å². The first kappa shape index (κ1) is 13.8. The van der Waals surface area contributed by atoms with Crippen molar-refractivity contribution in [2.45, 2.75) is 19.9 Å². The molecule has 2 aromatic rings. The van der Waals surface area contributed by atoms with Gasteiger partial charge in [0.1, 0.15) is 0 Å². The molecule has 0 aliphatic rings. The summed E-state index contributed by atoms with van der Waals surface area (Å²) in [6.07, 6.45) is 0.789. The highest BCUT2D eigenvalue weighted by atomic mass is 35.5. The molecule has 0 radical (unpaired) electrons. The fraction of sp³-hybridized carbons (Fsp3) is 0.385. The minimum Gasteiger partial charge on any atom is -0.477 e. The van der Waals surface area contributed by atoms with Crippen LogP contribution in [0.3, 0.4) is 0 Å². The third-order valence-corrected chi connectivity index (χ3v) is 3.34. The molecule has 2 rings (SSSR count). The van der Waals surface area contributed by atoms with Crippen LogP contribution in [-0.4, -0.2) is 24.2 Å². The quantitative estimate of drug-likeness (QED) is 0.931. The van der Waals surface area contributed by atoms with Crippen molar-refractivity contribution in [2.24, 2.45) is 5.73 Å².